The summed E-state index contributed by atoms with van der Waals surface area (Å²) in [6.45, 7) is 4.21. The minimum absolute atomic E-state index is 0.0817. The van der Waals surface area contributed by atoms with Crippen molar-refractivity contribution in [2.75, 3.05) is 0 Å². The van der Waals surface area contributed by atoms with Crippen molar-refractivity contribution in [2.24, 2.45) is 0 Å². The van der Waals surface area contributed by atoms with Crippen molar-refractivity contribution in [1.82, 2.24) is 24.9 Å². The molecule has 0 spiro atoms. The molecule has 0 bridgehead atoms. The third kappa shape index (κ3) is 4.49. The molecule has 0 radical (unpaired) electrons. The standard InChI is InChI=1S/C21H20ClN5O2S/c1-3-18-23-20(29-26-18)14(2)30-21-25-24-19(27(21)15-9-5-4-6-10-15)13-28-17-12-8-7-11-16(17)22/h4-12,14H,3,13H2,1-2H3. The van der Waals surface area contributed by atoms with E-state index in [-0.39, 0.29) is 11.9 Å². The van der Waals surface area contributed by atoms with Gasteiger partial charge in [-0.05, 0) is 31.2 Å². The number of thioether (sulfide) groups is 1. The summed E-state index contributed by atoms with van der Waals surface area (Å²) in [7, 11) is 0. The fourth-order valence-corrected chi connectivity index (χ4v) is 3.90. The Morgan fingerprint density at radius 3 is 2.60 bits per heavy atom. The number of ether oxygens (including phenoxy) is 1. The van der Waals surface area contributed by atoms with Crippen LogP contribution >= 0.6 is 23.4 Å². The molecule has 1 unspecified atom stereocenters. The van der Waals surface area contributed by atoms with E-state index in [1.807, 2.05) is 66.9 Å². The summed E-state index contributed by atoms with van der Waals surface area (Å²) in [5, 5.41) is 13.9. The van der Waals surface area contributed by atoms with Crippen molar-refractivity contribution >= 4 is 23.4 Å². The first-order valence-corrected chi connectivity index (χ1v) is 10.8. The fraction of sp³-hybridized carbons (Fsp3) is 0.238. The molecular formula is C21H20ClN5O2S. The monoisotopic (exact) mass is 441 g/mol. The molecule has 30 heavy (non-hydrogen) atoms. The summed E-state index contributed by atoms with van der Waals surface area (Å²) in [6.07, 6.45) is 0.727. The summed E-state index contributed by atoms with van der Waals surface area (Å²) in [4.78, 5) is 4.42. The number of hydrogen-bond donors (Lipinski definition) is 0. The highest BCUT2D eigenvalue weighted by Crippen LogP contribution is 2.35. The first-order chi connectivity index (χ1) is 14.7. The third-order valence-electron chi connectivity index (χ3n) is 4.34. The van der Waals surface area contributed by atoms with Crippen molar-refractivity contribution < 1.29 is 9.26 Å². The van der Waals surface area contributed by atoms with Gasteiger partial charge in [0.1, 0.15) is 12.4 Å². The van der Waals surface area contributed by atoms with E-state index in [1.165, 1.54) is 11.8 Å². The number of halogens is 1. The van der Waals surface area contributed by atoms with Crippen LogP contribution in [0, 0.1) is 0 Å². The molecule has 0 saturated carbocycles. The molecule has 2 heterocycles. The van der Waals surface area contributed by atoms with Crippen LogP contribution in [0.25, 0.3) is 5.69 Å². The van der Waals surface area contributed by atoms with Crippen molar-refractivity contribution in [3.05, 3.63) is 77.2 Å². The van der Waals surface area contributed by atoms with Crippen LogP contribution in [0.15, 0.2) is 64.3 Å². The van der Waals surface area contributed by atoms with E-state index in [4.69, 9.17) is 20.9 Å². The van der Waals surface area contributed by atoms with Gasteiger partial charge in [-0.25, -0.2) is 0 Å². The minimum atomic E-state index is -0.0817. The lowest BCUT2D eigenvalue weighted by Crippen LogP contribution is -2.07. The largest absolute Gasteiger partial charge is 0.484 e. The van der Waals surface area contributed by atoms with Gasteiger partial charge in [0.2, 0.25) is 5.89 Å². The van der Waals surface area contributed by atoms with Gasteiger partial charge in [-0.15, -0.1) is 10.2 Å². The van der Waals surface area contributed by atoms with Gasteiger partial charge in [0.05, 0.1) is 10.3 Å². The molecule has 0 amide bonds. The molecule has 7 nitrogen and oxygen atoms in total. The van der Waals surface area contributed by atoms with E-state index in [0.717, 1.165) is 12.1 Å². The zero-order chi connectivity index (χ0) is 20.9. The van der Waals surface area contributed by atoms with Crippen LogP contribution in [-0.4, -0.2) is 24.9 Å². The van der Waals surface area contributed by atoms with E-state index in [2.05, 4.69) is 20.3 Å². The molecule has 4 rings (SSSR count). The van der Waals surface area contributed by atoms with Gasteiger partial charge in [-0.2, -0.15) is 4.98 Å². The number of nitrogens with zero attached hydrogens (tertiary/aromatic N) is 5. The molecule has 0 N–H and O–H groups in total. The van der Waals surface area contributed by atoms with Crippen LogP contribution in [0.1, 0.15) is 36.6 Å². The van der Waals surface area contributed by atoms with Crippen molar-refractivity contribution in [3.63, 3.8) is 0 Å². The van der Waals surface area contributed by atoms with Crippen LogP contribution in [-0.2, 0) is 13.0 Å². The number of para-hydroxylation sites is 2. The maximum Gasteiger partial charge on any atom is 0.239 e. The Morgan fingerprint density at radius 2 is 1.87 bits per heavy atom. The third-order valence-corrected chi connectivity index (χ3v) is 5.68. The normalized spacial score (nSPS) is 12.1. The van der Waals surface area contributed by atoms with Crippen molar-refractivity contribution in [2.45, 2.75) is 37.3 Å². The second kappa shape index (κ2) is 9.32. The van der Waals surface area contributed by atoms with E-state index in [1.54, 1.807) is 6.07 Å². The lowest BCUT2D eigenvalue weighted by Gasteiger charge is -2.12. The van der Waals surface area contributed by atoms with Gasteiger partial charge in [0.25, 0.3) is 0 Å². The summed E-state index contributed by atoms with van der Waals surface area (Å²) in [5.74, 6) is 2.52. The highest BCUT2D eigenvalue weighted by atomic mass is 35.5. The summed E-state index contributed by atoms with van der Waals surface area (Å²) in [6, 6.07) is 17.3. The van der Waals surface area contributed by atoms with Crippen LogP contribution in [0.4, 0.5) is 0 Å². The Morgan fingerprint density at radius 1 is 1.10 bits per heavy atom. The average molecular weight is 442 g/mol. The topological polar surface area (TPSA) is 78.9 Å². The molecule has 0 aliphatic heterocycles. The lowest BCUT2D eigenvalue weighted by atomic mass is 10.3. The summed E-state index contributed by atoms with van der Waals surface area (Å²) >= 11 is 7.71. The minimum Gasteiger partial charge on any atom is -0.484 e. The molecule has 0 saturated heterocycles. The molecule has 4 aromatic rings. The van der Waals surface area contributed by atoms with Gasteiger partial charge < -0.3 is 9.26 Å². The van der Waals surface area contributed by atoms with Crippen LogP contribution in [0.5, 0.6) is 5.75 Å². The van der Waals surface area contributed by atoms with Gasteiger partial charge in [-0.3, -0.25) is 4.57 Å². The van der Waals surface area contributed by atoms with Gasteiger partial charge in [-0.1, -0.05) is 65.8 Å². The lowest BCUT2D eigenvalue weighted by molar-refractivity contribution is 0.293. The Bertz CT molecular complexity index is 1120. The van der Waals surface area contributed by atoms with Crippen LogP contribution < -0.4 is 4.74 Å². The zero-order valence-electron chi connectivity index (χ0n) is 16.5. The SMILES string of the molecule is CCc1noc(C(C)Sc2nnc(COc3ccccc3Cl)n2-c2ccccc2)n1. The highest BCUT2D eigenvalue weighted by molar-refractivity contribution is 7.99. The second-order valence-corrected chi connectivity index (χ2v) is 8.17. The first kappa shape index (κ1) is 20.4. The van der Waals surface area contributed by atoms with Crippen molar-refractivity contribution in [1.29, 1.82) is 0 Å². The number of rotatable bonds is 8. The predicted molar refractivity (Wildman–Crippen MR) is 115 cm³/mol. The van der Waals surface area contributed by atoms with Crippen LogP contribution in [0.3, 0.4) is 0 Å². The predicted octanol–water partition coefficient (Wildman–Crippen LogP) is 5.30. The second-order valence-electron chi connectivity index (χ2n) is 6.45. The van der Waals surface area contributed by atoms with E-state index >= 15 is 0 Å². The molecular weight excluding hydrogens is 422 g/mol. The average Bonchev–Trinajstić information content (AvgIpc) is 3.41. The summed E-state index contributed by atoms with van der Waals surface area (Å²) < 4.78 is 13.2. The molecule has 0 aliphatic carbocycles. The quantitative estimate of drug-likeness (QED) is 0.343. The maximum atomic E-state index is 6.21. The number of hydrogen-bond acceptors (Lipinski definition) is 7. The van der Waals surface area contributed by atoms with Gasteiger partial charge >= 0.3 is 0 Å². The maximum absolute atomic E-state index is 6.21. The van der Waals surface area contributed by atoms with E-state index < -0.39 is 0 Å². The Hall–Kier alpha value is -2.84. The van der Waals surface area contributed by atoms with Crippen LogP contribution in [0.2, 0.25) is 5.02 Å². The molecule has 2 aromatic heterocycles. The highest BCUT2D eigenvalue weighted by Gasteiger charge is 2.21. The molecule has 0 fully saturated rings. The molecule has 2 aromatic carbocycles. The molecule has 1 atom stereocenters. The Kier molecular flexibility index (Phi) is 6.35. The van der Waals surface area contributed by atoms with E-state index in [0.29, 0.717) is 33.5 Å². The Balaban J connectivity index is 1.61. The van der Waals surface area contributed by atoms with Gasteiger partial charge in [0, 0.05) is 12.1 Å². The molecule has 0 aliphatic rings. The van der Waals surface area contributed by atoms with Crippen molar-refractivity contribution in [3.8, 4) is 11.4 Å². The number of benzene rings is 2. The van der Waals surface area contributed by atoms with E-state index in [9.17, 15) is 0 Å². The smallest absolute Gasteiger partial charge is 0.239 e. The molecule has 9 heteroatoms. The number of aromatic nitrogens is 5. The zero-order valence-corrected chi connectivity index (χ0v) is 18.1. The Labute approximate surface area is 183 Å². The van der Waals surface area contributed by atoms with Gasteiger partial charge in [0.15, 0.2) is 16.8 Å². The summed E-state index contributed by atoms with van der Waals surface area (Å²) in [5.41, 5.74) is 0.940. The first-order valence-electron chi connectivity index (χ1n) is 9.52. The molecule has 154 valence electrons. The fourth-order valence-electron chi connectivity index (χ4n) is 2.80. The number of aryl methyl sites for hydroxylation is 1.